The van der Waals surface area contributed by atoms with E-state index in [0.29, 0.717) is 17.1 Å². The van der Waals surface area contributed by atoms with Gasteiger partial charge in [-0.25, -0.2) is 0 Å². The molecule has 1 aromatic carbocycles. The highest BCUT2D eigenvalue weighted by molar-refractivity contribution is 7.80. The lowest BCUT2D eigenvalue weighted by molar-refractivity contribution is 0.392. The molecule has 0 aromatic heterocycles. The van der Waals surface area contributed by atoms with E-state index in [1.165, 1.54) is 12.8 Å². The summed E-state index contributed by atoms with van der Waals surface area (Å²) in [5.41, 5.74) is 1.03. The molecule has 0 amide bonds. The van der Waals surface area contributed by atoms with Crippen molar-refractivity contribution in [3.05, 3.63) is 30.3 Å². The predicted molar refractivity (Wildman–Crippen MR) is 79.3 cm³/mol. The van der Waals surface area contributed by atoms with Crippen molar-refractivity contribution < 1.29 is 0 Å². The van der Waals surface area contributed by atoms with Crippen LogP contribution in [-0.2, 0) is 0 Å². The van der Waals surface area contributed by atoms with Gasteiger partial charge in [-0.3, -0.25) is 0 Å². The summed E-state index contributed by atoms with van der Waals surface area (Å²) < 4.78 is 0. The largest absolute Gasteiger partial charge is 0.360 e. The topological polar surface area (TPSA) is 24.1 Å². The van der Waals surface area contributed by atoms with E-state index in [1.54, 1.807) is 0 Å². The van der Waals surface area contributed by atoms with Crippen LogP contribution < -0.4 is 10.6 Å². The molecule has 0 saturated heterocycles. The van der Waals surface area contributed by atoms with Crippen LogP contribution >= 0.6 is 12.2 Å². The van der Waals surface area contributed by atoms with E-state index in [1.807, 2.05) is 30.3 Å². The van der Waals surface area contributed by atoms with Crippen molar-refractivity contribution >= 4 is 23.0 Å². The zero-order chi connectivity index (χ0) is 12.7. The third-order valence-electron chi connectivity index (χ3n) is 3.15. The number of anilines is 1. The SMILES string of the molecule is CCC(CC)C(C)NC(=S)Nc1ccccc1. The maximum Gasteiger partial charge on any atom is 0.170 e. The average molecular weight is 250 g/mol. The second-order valence-electron chi connectivity index (χ2n) is 4.33. The van der Waals surface area contributed by atoms with Crippen LogP contribution in [0, 0.1) is 5.92 Å². The second kappa shape index (κ2) is 7.28. The van der Waals surface area contributed by atoms with Crippen LogP contribution in [0.15, 0.2) is 30.3 Å². The standard InChI is InChI=1S/C14H22N2S/c1-4-12(5-2)11(3)15-14(17)16-13-9-7-6-8-10-13/h6-12H,4-5H2,1-3H3,(H2,15,16,17). The highest BCUT2D eigenvalue weighted by Crippen LogP contribution is 2.13. The van der Waals surface area contributed by atoms with Gasteiger partial charge in [0.25, 0.3) is 0 Å². The Balaban J connectivity index is 2.44. The van der Waals surface area contributed by atoms with Crippen LogP contribution in [-0.4, -0.2) is 11.2 Å². The number of para-hydroxylation sites is 1. The molecule has 0 aliphatic carbocycles. The van der Waals surface area contributed by atoms with E-state index >= 15 is 0 Å². The van der Waals surface area contributed by atoms with Crippen molar-refractivity contribution in [2.75, 3.05) is 5.32 Å². The lowest BCUT2D eigenvalue weighted by atomic mass is 9.96. The number of benzene rings is 1. The van der Waals surface area contributed by atoms with Crippen molar-refractivity contribution in [1.82, 2.24) is 5.32 Å². The van der Waals surface area contributed by atoms with Crippen molar-refractivity contribution in [2.45, 2.75) is 39.7 Å². The minimum Gasteiger partial charge on any atom is -0.360 e. The van der Waals surface area contributed by atoms with Gasteiger partial charge in [-0.1, -0.05) is 44.9 Å². The minimum atomic E-state index is 0.411. The van der Waals surface area contributed by atoms with Crippen LogP contribution in [0.3, 0.4) is 0 Å². The maximum absolute atomic E-state index is 5.31. The molecule has 0 fully saturated rings. The quantitative estimate of drug-likeness (QED) is 0.777. The zero-order valence-corrected chi connectivity index (χ0v) is 11.7. The van der Waals surface area contributed by atoms with Gasteiger partial charge in [-0.05, 0) is 37.2 Å². The van der Waals surface area contributed by atoms with Crippen LogP contribution in [0.2, 0.25) is 0 Å². The smallest absolute Gasteiger partial charge is 0.170 e. The molecule has 1 atom stereocenters. The summed E-state index contributed by atoms with van der Waals surface area (Å²) in [5, 5.41) is 7.25. The van der Waals surface area contributed by atoms with Crippen molar-refractivity contribution in [3.8, 4) is 0 Å². The molecule has 0 radical (unpaired) electrons. The van der Waals surface area contributed by atoms with Gasteiger partial charge in [0.2, 0.25) is 0 Å². The summed E-state index contributed by atoms with van der Waals surface area (Å²) in [5.74, 6) is 0.672. The van der Waals surface area contributed by atoms with Gasteiger partial charge < -0.3 is 10.6 Å². The van der Waals surface area contributed by atoms with Gasteiger partial charge in [-0.2, -0.15) is 0 Å². The molecule has 0 aliphatic heterocycles. The average Bonchev–Trinajstić information content (AvgIpc) is 2.31. The Bertz CT molecular complexity index is 333. The van der Waals surface area contributed by atoms with E-state index in [2.05, 4.69) is 31.4 Å². The summed E-state index contributed by atoms with van der Waals surface area (Å²) in [6, 6.07) is 10.4. The summed E-state index contributed by atoms with van der Waals surface area (Å²) in [4.78, 5) is 0. The number of nitrogens with one attached hydrogen (secondary N) is 2. The van der Waals surface area contributed by atoms with Gasteiger partial charge in [-0.15, -0.1) is 0 Å². The number of hydrogen-bond donors (Lipinski definition) is 2. The molecule has 1 unspecified atom stereocenters. The fourth-order valence-electron chi connectivity index (χ4n) is 2.01. The number of rotatable bonds is 5. The molecule has 2 N–H and O–H groups in total. The number of hydrogen-bond acceptors (Lipinski definition) is 1. The third kappa shape index (κ3) is 4.73. The molecule has 0 spiro atoms. The van der Waals surface area contributed by atoms with E-state index in [4.69, 9.17) is 12.2 Å². The Morgan fingerprint density at radius 3 is 2.29 bits per heavy atom. The first kappa shape index (κ1) is 14.0. The number of thiocarbonyl (C=S) groups is 1. The van der Waals surface area contributed by atoms with E-state index in [-0.39, 0.29) is 0 Å². The van der Waals surface area contributed by atoms with Crippen molar-refractivity contribution in [1.29, 1.82) is 0 Å². The first-order valence-corrected chi connectivity index (χ1v) is 6.70. The lowest BCUT2D eigenvalue weighted by Crippen LogP contribution is -2.40. The van der Waals surface area contributed by atoms with Crippen molar-refractivity contribution in [3.63, 3.8) is 0 Å². The summed E-state index contributed by atoms with van der Waals surface area (Å²) >= 11 is 5.31. The molecular formula is C14H22N2S. The van der Waals surface area contributed by atoms with E-state index < -0.39 is 0 Å². The molecule has 0 bridgehead atoms. The van der Waals surface area contributed by atoms with Gasteiger partial charge in [0.05, 0.1) is 0 Å². The molecule has 0 aliphatic rings. The Labute approximate surface area is 110 Å². The highest BCUT2D eigenvalue weighted by atomic mass is 32.1. The normalized spacial score (nSPS) is 12.2. The Kier molecular flexibility index (Phi) is 5.98. The fraction of sp³-hybridized carbons (Fsp3) is 0.500. The van der Waals surface area contributed by atoms with E-state index in [9.17, 15) is 0 Å². The van der Waals surface area contributed by atoms with Gasteiger partial charge >= 0.3 is 0 Å². The van der Waals surface area contributed by atoms with Gasteiger partial charge in [0.15, 0.2) is 5.11 Å². The highest BCUT2D eigenvalue weighted by Gasteiger charge is 2.13. The Morgan fingerprint density at radius 1 is 1.18 bits per heavy atom. The molecule has 0 heterocycles. The first-order valence-electron chi connectivity index (χ1n) is 6.29. The molecule has 0 saturated carbocycles. The van der Waals surface area contributed by atoms with Crippen LogP contribution in [0.25, 0.3) is 0 Å². The fourth-order valence-corrected chi connectivity index (χ4v) is 2.31. The molecule has 2 nitrogen and oxygen atoms in total. The zero-order valence-electron chi connectivity index (χ0n) is 10.9. The molecule has 1 aromatic rings. The van der Waals surface area contributed by atoms with Gasteiger partial charge in [0.1, 0.15) is 0 Å². The molecule has 1 rings (SSSR count). The van der Waals surface area contributed by atoms with Crippen molar-refractivity contribution in [2.24, 2.45) is 5.92 Å². The Hall–Kier alpha value is -1.09. The summed E-state index contributed by atoms with van der Waals surface area (Å²) in [6.07, 6.45) is 2.36. The van der Waals surface area contributed by atoms with E-state index in [0.717, 1.165) is 5.69 Å². The maximum atomic E-state index is 5.31. The Morgan fingerprint density at radius 2 is 1.76 bits per heavy atom. The van der Waals surface area contributed by atoms with Crippen LogP contribution in [0.1, 0.15) is 33.6 Å². The molecule has 94 valence electrons. The molecule has 17 heavy (non-hydrogen) atoms. The molecular weight excluding hydrogens is 228 g/mol. The predicted octanol–water partition coefficient (Wildman–Crippen LogP) is 3.80. The van der Waals surface area contributed by atoms with Crippen LogP contribution in [0.5, 0.6) is 0 Å². The summed E-state index contributed by atoms with van der Waals surface area (Å²) in [7, 11) is 0. The van der Waals surface area contributed by atoms with Crippen LogP contribution in [0.4, 0.5) is 5.69 Å². The summed E-state index contributed by atoms with van der Waals surface area (Å²) in [6.45, 7) is 6.64. The monoisotopic (exact) mass is 250 g/mol. The third-order valence-corrected chi connectivity index (χ3v) is 3.37. The second-order valence-corrected chi connectivity index (χ2v) is 4.74. The molecule has 3 heteroatoms. The first-order chi connectivity index (χ1) is 8.17. The van der Waals surface area contributed by atoms with Gasteiger partial charge in [0, 0.05) is 11.7 Å². The minimum absolute atomic E-state index is 0.411. The lowest BCUT2D eigenvalue weighted by Gasteiger charge is -2.24.